The summed E-state index contributed by atoms with van der Waals surface area (Å²) < 4.78 is 4.45. The molecule has 1 unspecified atom stereocenters. The Morgan fingerprint density at radius 3 is 2.95 bits per heavy atom. The van der Waals surface area contributed by atoms with Gasteiger partial charge in [-0.1, -0.05) is 30.2 Å². The first kappa shape index (κ1) is 13.1. The molecule has 0 fully saturated rings. The molecule has 1 atom stereocenters. The van der Waals surface area contributed by atoms with Crippen LogP contribution in [0, 0.1) is 12.3 Å². The molecule has 5 nitrogen and oxygen atoms in total. The van der Waals surface area contributed by atoms with Gasteiger partial charge >= 0.3 is 11.9 Å². The Hall–Kier alpha value is -2.32. The topological polar surface area (TPSA) is 64.6 Å². The van der Waals surface area contributed by atoms with E-state index in [2.05, 4.69) is 16.1 Å². The number of carbonyl (C=O) groups excluding carboxylic acids is 2. The molecule has 1 aromatic rings. The molecule has 2 rings (SSSR count). The molecule has 1 N–H and O–H groups in total. The lowest BCUT2D eigenvalue weighted by Gasteiger charge is -2.12. The second kappa shape index (κ2) is 6.03. The Morgan fingerprint density at radius 1 is 1.37 bits per heavy atom. The fourth-order valence-electron chi connectivity index (χ4n) is 2.01. The van der Waals surface area contributed by atoms with Crippen LogP contribution in [0.15, 0.2) is 24.3 Å². The minimum Gasteiger partial charge on any atom is -0.444 e. The molecule has 1 aliphatic carbocycles. The third kappa shape index (κ3) is 3.12. The highest BCUT2D eigenvalue weighted by atomic mass is 16.7. The van der Waals surface area contributed by atoms with Crippen molar-refractivity contribution < 1.29 is 19.2 Å². The fraction of sp³-hybridized carbons (Fsp3) is 0.286. The number of rotatable bonds is 3. The van der Waals surface area contributed by atoms with Gasteiger partial charge < -0.3 is 9.57 Å². The number of hydrogen-bond acceptors (Lipinski definition) is 5. The van der Waals surface area contributed by atoms with Crippen molar-refractivity contribution in [2.45, 2.75) is 18.9 Å². The van der Waals surface area contributed by atoms with Gasteiger partial charge in [0.2, 0.25) is 0 Å². The molecule has 0 spiro atoms. The van der Waals surface area contributed by atoms with Gasteiger partial charge in [0.05, 0.1) is 6.04 Å². The summed E-state index contributed by atoms with van der Waals surface area (Å²) in [6.45, 7) is -0.250. The summed E-state index contributed by atoms with van der Waals surface area (Å²) in [5.74, 6) is -0.105. The van der Waals surface area contributed by atoms with Crippen molar-refractivity contribution in [3.8, 4) is 12.3 Å². The first-order chi connectivity index (χ1) is 9.22. The molecule has 0 heterocycles. The molecule has 0 saturated carbocycles. The summed E-state index contributed by atoms with van der Waals surface area (Å²) in [5.41, 5.74) is 4.88. The smallest absolute Gasteiger partial charge is 0.436 e. The van der Waals surface area contributed by atoms with E-state index in [9.17, 15) is 9.59 Å². The largest absolute Gasteiger partial charge is 0.444 e. The van der Waals surface area contributed by atoms with E-state index < -0.39 is 11.9 Å². The fourth-order valence-corrected chi connectivity index (χ4v) is 2.01. The van der Waals surface area contributed by atoms with Crippen molar-refractivity contribution >= 4 is 11.9 Å². The van der Waals surface area contributed by atoms with Crippen LogP contribution < -0.4 is 5.48 Å². The molecule has 0 bridgehead atoms. The van der Waals surface area contributed by atoms with E-state index in [0.29, 0.717) is 0 Å². The Labute approximate surface area is 110 Å². The van der Waals surface area contributed by atoms with Crippen LogP contribution in [-0.2, 0) is 25.6 Å². The monoisotopic (exact) mass is 259 g/mol. The van der Waals surface area contributed by atoms with E-state index in [-0.39, 0.29) is 12.6 Å². The molecule has 19 heavy (non-hydrogen) atoms. The number of esters is 1. The average Bonchev–Trinajstić information content (AvgIpc) is 2.85. The van der Waals surface area contributed by atoms with Crippen molar-refractivity contribution in [2.75, 3.05) is 6.61 Å². The predicted molar refractivity (Wildman–Crippen MR) is 66.5 cm³/mol. The summed E-state index contributed by atoms with van der Waals surface area (Å²) in [6, 6.07) is 7.78. The van der Waals surface area contributed by atoms with Crippen LogP contribution in [-0.4, -0.2) is 18.5 Å². The molecule has 5 heteroatoms. The lowest BCUT2D eigenvalue weighted by Crippen LogP contribution is -2.29. The number of nitrogens with one attached hydrogen (secondary N) is 1. The van der Waals surface area contributed by atoms with Crippen LogP contribution in [0.3, 0.4) is 0 Å². The predicted octanol–water partition coefficient (Wildman–Crippen LogP) is 0.898. The highest BCUT2D eigenvalue weighted by molar-refractivity contribution is 6.29. The van der Waals surface area contributed by atoms with Crippen LogP contribution in [0.1, 0.15) is 23.6 Å². The van der Waals surface area contributed by atoms with Gasteiger partial charge in [-0.2, -0.15) is 0 Å². The van der Waals surface area contributed by atoms with E-state index in [1.54, 1.807) is 0 Å². The third-order valence-electron chi connectivity index (χ3n) is 2.88. The van der Waals surface area contributed by atoms with Crippen molar-refractivity contribution in [2.24, 2.45) is 0 Å². The number of fused-ring (bicyclic) bond motifs is 1. The number of benzene rings is 1. The van der Waals surface area contributed by atoms with Crippen molar-refractivity contribution in [1.82, 2.24) is 5.48 Å². The third-order valence-corrected chi connectivity index (χ3v) is 2.88. The number of hydrogen-bond donors (Lipinski definition) is 1. The molecule has 0 amide bonds. The molecule has 98 valence electrons. The summed E-state index contributed by atoms with van der Waals surface area (Å²) in [7, 11) is 0. The van der Waals surface area contributed by atoms with E-state index >= 15 is 0 Å². The number of hydroxylamine groups is 1. The van der Waals surface area contributed by atoms with Crippen molar-refractivity contribution in [3.63, 3.8) is 0 Å². The van der Waals surface area contributed by atoms with Crippen LogP contribution in [0.5, 0.6) is 0 Å². The number of carbonyl (C=O) groups is 2. The minimum absolute atomic E-state index is 0.0967. The highest BCUT2D eigenvalue weighted by Crippen LogP contribution is 2.30. The summed E-state index contributed by atoms with van der Waals surface area (Å²) >= 11 is 0. The highest BCUT2D eigenvalue weighted by Gasteiger charge is 2.25. The standard InChI is InChI=1S/C14H13NO4/c1-2-9-18-13(16)14(17)19-15-12-8-7-10-5-3-4-6-11(10)12/h1,3-6,12,15H,7-9H2. The van der Waals surface area contributed by atoms with Crippen LogP contribution in [0.25, 0.3) is 0 Å². The maximum Gasteiger partial charge on any atom is 0.436 e. The van der Waals surface area contributed by atoms with Gasteiger partial charge in [0.1, 0.15) is 0 Å². The lowest BCUT2D eigenvalue weighted by molar-refractivity contribution is -0.172. The van der Waals surface area contributed by atoms with Crippen LogP contribution in [0.2, 0.25) is 0 Å². The molecule has 0 saturated heterocycles. The quantitative estimate of drug-likeness (QED) is 0.378. The summed E-state index contributed by atoms with van der Waals surface area (Å²) in [4.78, 5) is 27.1. The normalized spacial score (nSPS) is 16.3. The van der Waals surface area contributed by atoms with Crippen molar-refractivity contribution in [1.29, 1.82) is 0 Å². The maximum absolute atomic E-state index is 11.3. The Balaban J connectivity index is 1.86. The number of aryl methyl sites for hydroxylation is 1. The average molecular weight is 259 g/mol. The molecular weight excluding hydrogens is 246 g/mol. The summed E-state index contributed by atoms with van der Waals surface area (Å²) in [5, 5.41) is 0. The minimum atomic E-state index is -1.10. The van der Waals surface area contributed by atoms with Gasteiger partial charge in [0.15, 0.2) is 6.61 Å². The van der Waals surface area contributed by atoms with Gasteiger partial charge in [-0.25, -0.2) is 9.59 Å². The zero-order valence-corrected chi connectivity index (χ0v) is 10.2. The van der Waals surface area contributed by atoms with Gasteiger partial charge in [-0.3, -0.25) is 0 Å². The van der Waals surface area contributed by atoms with E-state index in [1.165, 1.54) is 5.56 Å². The molecule has 1 aromatic carbocycles. The number of ether oxygens (including phenoxy) is 1. The molecule has 1 aliphatic rings. The SMILES string of the molecule is C#CCOC(=O)C(=O)ONC1CCc2ccccc21. The second-order valence-electron chi connectivity index (χ2n) is 4.08. The van der Waals surface area contributed by atoms with Gasteiger partial charge in [0, 0.05) is 0 Å². The Kier molecular flexibility index (Phi) is 4.16. The molecule has 0 aliphatic heterocycles. The molecule has 0 aromatic heterocycles. The Morgan fingerprint density at radius 2 is 2.16 bits per heavy atom. The lowest BCUT2D eigenvalue weighted by atomic mass is 10.1. The second-order valence-corrected chi connectivity index (χ2v) is 4.08. The van der Waals surface area contributed by atoms with Crippen molar-refractivity contribution in [3.05, 3.63) is 35.4 Å². The van der Waals surface area contributed by atoms with Crippen LogP contribution in [0.4, 0.5) is 0 Å². The zero-order chi connectivity index (χ0) is 13.7. The van der Waals surface area contributed by atoms with Gasteiger partial charge in [-0.05, 0) is 24.0 Å². The maximum atomic E-state index is 11.3. The first-order valence-corrected chi connectivity index (χ1v) is 5.87. The van der Waals surface area contributed by atoms with Crippen LogP contribution >= 0.6 is 0 Å². The van der Waals surface area contributed by atoms with Gasteiger partial charge in [-0.15, -0.1) is 11.9 Å². The molecule has 0 radical (unpaired) electrons. The zero-order valence-electron chi connectivity index (χ0n) is 10.2. The van der Waals surface area contributed by atoms with Gasteiger partial charge in [0.25, 0.3) is 0 Å². The first-order valence-electron chi connectivity index (χ1n) is 5.87. The van der Waals surface area contributed by atoms with E-state index in [0.717, 1.165) is 18.4 Å². The van der Waals surface area contributed by atoms with E-state index in [1.807, 2.05) is 24.3 Å². The summed E-state index contributed by atoms with van der Waals surface area (Å²) in [6.07, 6.45) is 6.63. The number of terminal acetylenes is 1. The van der Waals surface area contributed by atoms with E-state index in [4.69, 9.17) is 11.3 Å². The Bertz CT molecular complexity index is 532. The molecular formula is C14H13NO4.